The van der Waals surface area contributed by atoms with E-state index in [4.69, 9.17) is 0 Å². The predicted octanol–water partition coefficient (Wildman–Crippen LogP) is 2.95. The highest BCUT2D eigenvalue weighted by molar-refractivity contribution is 7.10. The summed E-state index contributed by atoms with van der Waals surface area (Å²) in [5.41, 5.74) is 0. The van der Waals surface area contributed by atoms with Crippen LogP contribution in [0.4, 0.5) is 0 Å². The number of rotatable bonds is 4. The van der Waals surface area contributed by atoms with Crippen LogP contribution in [0.3, 0.4) is 0 Å². The Morgan fingerprint density at radius 3 is 2.89 bits per heavy atom. The summed E-state index contributed by atoms with van der Waals surface area (Å²) in [6, 6.07) is 4.76. The summed E-state index contributed by atoms with van der Waals surface area (Å²) in [4.78, 5) is 13.7. The Morgan fingerprint density at radius 2 is 2.32 bits per heavy atom. The molecule has 0 aliphatic carbocycles. The van der Waals surface area contributed by atoms with Gasteiger partial charge < -0.3 is 10.6 Å². The number of nitrogens with one attached hydrogen (secondary N) is 2. The average molecular weight is 280 g/mol. The Balaban J connectivity index is 1.99. The van der Waals surface area contributed by atoms with E-state index in [0.717, 1.165) is 19.4 Å². The maximum atomic E-state index is 12.4. The maximum Gasteiger partial charge on any atom is 0.223 e. The van der Waals surface area contributed by atoms with Crippen LogP contribution in [-0.4, -0.2) is 18.5 Å². The van der Waals surface area contributed by atoms with Gasteiger partial charge in [0, 0.05) is 16.8 Å². The number of carbonyl (C=O) groups excluding carboxylic acids is 1. The second-order valence-electron chi connectivity index (χ2n) is 5.82. The molecule has 1 fully saturated rings. The van der Waals surface area contributed by atoms with E-state index >= 15 is 0 Å². The van der Waals surface area contributed by atoms with Crippen molar-refractivity contribution in [2.45, 2.75) is 45.7 Å². The van der Waals surface area contributed by atoms with E-state index in [1.165, 1.54) is 4.88 Å². The quantitative estimate of drug-likeness (QED) is 0.890. The van der Waals surface area contributed by atoms with E-state index in [-0.39, 0.29) is 17.9 Å². The Hall–Kier alpha value is -0.870. The summed E-state index contributed by atoms with van der Waals surface area (Å²) in [7, 11) is 0. The molecular weight excluding hydrogens is 256 g/mol. The van der Waals surface area contributed by atoms with Gasteiger partial charge in [-0.15, -0.1) is 11.3 Å². The lowest BCUT2D eigenvalue weighted by Gasteiger charge is -2.29. The normalized spacial score (nSPS) is 25.3. The van der Waals surface area contributed by atoms with Crippen molar-refractivity contribution in [1.82, 2.24) is 10.6 Å². The first-order valence-corrected chi connectivity index (χ1v) is 8.03. The lowest BCUT2D eigenvalue weighted by molar-refractivity contribution is -0.127. The van der Waals surface area contributed by atoms with E-state index in [1.54, 1.807) is 11.3 Å². The Bertz CT molecular complexity index is 402. The Kier molecular flexibility index (Phi) is 4.99. The zero-order valence-corrected chi connectivity index (χ0v) is 12.8. The molecule has 1 amide bonds. The van der Waals surface area contributed by atoms with Crippen molar-refractivity contribution in [2.24, 2.45) is 11.8 Å². The van der Waals surface area contributed by atoms with E-state index in [1.807, 2.05) is 6.07 Å². The standard InChI is InChI=1S/C15H24N2OS/c1-10(2)14(13-5-4-8-19-13)17-15(18)12-6-7-16-11(3)9-12/h4-5,8,10-12,14,16H,6-7,9H2,1-3H3,(H,17,18). The third-order valence-corrected chi connectivity index (χ3v) is 4.76. The molecule has 0 spiro atoms. The van der Waals surface area contributed by atoms with Gasteiger partial charge in [0.2, 0.25) is 5.91 Å². The number of piperidine rings is 1. The summed E-state index contributed by atoms with van der Waals surface area (Å²) in [5.74, 6) is 0.805. The largest absolute Gasteiger partial charge is 0.348 e. The predicted molar refractivity (Wildman–Crippen MR) is 80.2 cm³/mol. The zero-order valence-electron chi connectivity index (χ0n) is 12.0. The molecule has 0 radical (unpaired) electrons. The first kappa shape index (κ1) is 14.5. The van der Waals surface area contributed by atoms with Crippen molar-refractivity contribution >= 4 is 17.2 Å². The highest BCUT2D eigenvalue weighted by Gasteiger charge is 2.27. The zero-order chi connectivity index (χ0) is 13.8. The molecule has 3 unspecified atom stereocenters. The van der Waals surface area contributed by atoms with Crippen LogP contribution < -0.4 is 10.6 Å². The number of hydrogen-bond donors (Lipinski definition) is 2. The van der Waals surface area contributed by atoms with Crippen molar-refractivity contribution < 1.29 is 4.79 Å². The highest BCUT2D eigenvalue weighted by atomic mass is 32.1. The smallest absolute Gasteiger partial charge is 0.223 e. The Morgan fingerprint density at radius 1 is 1.53 bits per heavy atom. The molecule has 1 aliphatic heterocycles. The molecule has 0 aromatic carbocycles. The van der Waals surface area contributed by atoms with Crippen LogP contribution in [0.5, 0.6) is 0 Å². The van der Waals surface area contributed by atoms with Crippen molar-refractivity contribution in [3.05, 3.63) is 22.4 Å². The second-order valence-corrected chi connectivity index (χ2v) is 6.80. The summed E-state index contributed by atoms with van der Waals surface area (Å²) < 4.78 is 0. The fourth-order valence-electron chi connectivity index (χ4n) is 2.68. The molecule has 2 rings (SSSR count). The van der Waals surface area contributed by atoms with E-state index in [2.05, 4.69) is 42.9 Å². The van der Waals surface area contributed by atoms with Gasteiger partial charge in [0.05, 0.1) is 6.04 Å². The molecule has 19 heavy (non-hydrogen) atoms. The molecule has 1 saturated heterocycles. The minimum atomic E-state index is 0.151. The van der Waals surface area contributed by atoms with Gasteiger partial charge in [-0.3, -0.25) is 4.79 Å². The van der Waals surface area contributed by atoms with Crippen LogP contribution in [0.1, 0.15) is 44.5 Å². The molecular formula is C15H24N2OS. The Labute approximate surface area is 119 Å². The molecule has 3 atom stereocenters. The van der Waals surface area contributed by atoms with Crippen LogP contribution in [0, 0.1) is 11.8 Å². The summed E-state index contributed by atoms with van der Waals surface area (Å²) in [6.07, 6.45) is 1.90. The van der Waals surface area contributed by atoms with E-state index in [0.29, 0.717) is 12.0 Å². The van der Waals surface area contributed by atoms with Gasteiger partial charge in [-0.1, -0.05) is 19.9 Å². The van der Waals surface area contributed by atoms with Crippen LogP contribution in [0.2, 0.25) is 0 Å². The van der Waals surface area contributed by atoms with Gasteiger partial charge in [-0.05, 0) is 43.7 Å². The monoisotopic (exact) mass is 280 g/mol. The van der Waals surface area contributed by atoms with Crippen LogP contribution in [-0.2, 0) is 4.79 Å². The third kappa shape index (κ3) is 3.80. The van der Waals surface area contributed by atoms with Crippen molar-refractivity contribution in [3.8, 4) is 0 Å². The first-order chi connectivity index (χ1) is 9.08. The van der Waals surface area contributed by atoms with E-state index in [9.17, 15) is 4.79 Å². The molecule has 1 aliphatic rings. The molecule has 106 valence electrons. The number of thiophene rings is 1. The van der Waals surface area contributed by atoms with Gasteiger partial charge in [0.1, 0.15) is 0 Å². The topological polar surface area (TPSA) is 41.1 Å². The summed E-state index contributed by atoms with van der Waals surface area (Å²) in [6.45, 7) is 7.43. The fourth-order valence-corrected chi connectivity index (χ4v) is 3.62. The van der Waals surface area contributed by atoms with Crippen molar-refractivity contribution in [1.29, 1.82) is 0 Å². The molecule has 0 saturated carbocycles. The molecule has 4 heteroatoms. The van der Waals surface area contributed by atoms with Crippen LogP contribution >= 0.6 is 11.3 Å². The van der Waals surface area contributed by atoms with Crippen molar-refractivity contribution in [3.63, 3.8) is 0 Å². The average Bonchev–Trinajstić information content (AvgIpc) is 2.88. The van der Waals surface area contributed by atoms with Gasteiger partial charge >= 0.3 is 0 Å². The highest BCUT2D eigenvalue weighted by Crippen LogP contribution is 2.27. The lowest BCUT2D eigenvalue weighted by atomic mass is 9.91. The minimum Gasteiger partial charge on any atom is -0.348 e. The molecule has 0 bridgehead atoms. The lowest BCUT2D eigenvalue weighted by Crippen LogP contribution is -2.43. The van der Waals surface area contributed by atoms with Gasteiger partial charge in [0.25, 0.3) is 0 Å². The second kappa shape index (κ2) is 6.53. The minimum absolute atomic E-state index is 0.151. The van der Waals surface area contributed by atoms with Gasteiger partial charge in [-0.2, -0.15) is 0 Å². The third-order valence-electron chi connectivity index (χ3n) is 3.81. The number of amides is 1. The molecule has 2 heterocycles. The van der Waals surface area contributed by atoms with Gasteiger partial charge in [0.15, 0.2) is 0 Å². The molecule has 1 aromatic rings. The fraction of sp³-hybridized carbons (Fsp3) is 0.667. The van der Waals surface area contributed by atoms with Crippen LogP contribution in [0.25, 0.3) is 0 Å². The van der Waals surface area contributed by atoms with Crippen LogP contribution in [0.15, 0.2) is 17.5 Å². The molecule has 1 aromatic heterocycles. The summed E-state index contributed by atoms with van der Waals surface area (Å²) in [5, 5.41) is 8.72. The van der Waals surface area contributed by atoms with E-state index < -0.39 is 0 Å². The molecule has 2 N–H and O–H groups in total. The number of hydrogen-bond acceptors (Lipinski definition) is 3. The number of carbonyl (C=O) groups is 1. The maximum absolute atomic E-state index is 12.4. The SMILES string of the molecule is CC1CC(C(=O)NC(c2cccs2)C(C)C)CCN1. The molecule has 3 nitrogen and oxygen atoms in total. The van der Waals surface area contributed by atoms with Gasteiger partial charge in [-0.25, -0.2) is 0 Å². The summed E-state index contributed by atoms with van der Waals surface area (Å²) >= 11 is 1.72. The van der Waals surface area contributed by atoms with Crippen molar-refractivity contribution in [2.75, 3.05) is 6.54 Å². The first-order valence-electron chi connectivity index (χ1n) is 7.15.